The van der Waals surface area contributed by atoms with Crippen LogP contribution >= 0.6 is 0 Å². The molecule has 0 aliphatic carbocycles. The van der Waals surface area contributed by atoms with Crippen LogP contribution in [0.3, 0.4) is 0 Å². The molecule has 0 atom stereocenters. The van der Waals surface area contributed by atoms with Gasteiger partial charge in [0.2, 0.25) is 0 Å². The zero-order valence-corrected chi connectivity index (χ0v) is 19.1. The quantitative estimate of drug-likeness (QED) is 0.416. The van der Waals surface area contributed by atoms with E-state index in [4.69, 9.17) is 9.47 Å². The maximum Gasteiger partial charge on any atom is 0.410 e. The summed E-state index contributed by atoms with van der Waals surface area (Å²) in [4.78, 5) is 24.9. The van der Waals surface area contributed by atoms with E-state index in [0.717, 1.165) is 44.2 Å². The summed E-state index contributed by atoms with van der Waals surface area (Å²) >= 11 is 0. The van der Waals surface area contributed by atoms with Crippen molar-refractivity contribution in [2.24, 2.45) is 10.9 Å². The van der Waals surface area contributed by atoms with Crippen molar-refractivity contribution in [3.8, 4) is 5.75 Å². The Bertz CT molecular complexity index is 667. The summed E-state index contributed by atoms with van der Waals surface area (Å²) in [6, 6.07) is 3.75. The molecule has 0 bridgehead atoms. The van der Waals surface area contributed by atoms with Crippen molar-refractivity contribution in [3.05, 3.63) is 24.5 Å². The number of likely N-dealkylation sites (tertiary alicyclic amines) is 1. The molecule has 2 rings (SSSR count). The number of ether oxygens (including phenoxy) is 2. The molecule has 0 saturated carbocycles. The number of nitrogens with zero attached hydrogens (tertiary/aromatic N) is 4. The van der Waals surface area contributed by atoms with E-state index in [9.17, 15) is 4.79 Å². The molecule has 1 aliphatic rings. The number of rotatable bonds is 7. The molecule has 8 heteroatoms. The molecule has 1 amide bonds. The first-order chi connectivity index (χ1) is 14.3. The van der Waals surface area contributed by atoms with Gasteiger partial charge < -0.3 is 24.6 Å². The molecule has 0 unspecified atom stereocenters. The summed E-state index contributed by atoms with van der Waals surface area (Å²) in [5.41, 5.74) is -0.466. The summed E-state index contributed by atoms with van der Waals surface area (Å²) < 4.78 is 11.2. The van der Waals surface area contributed by atoms with Crippen LogP contribution in [0.4, 0.5) is 4.79 Å². The van der Waals surface area contributed by atoms with Crippen LogP contribution in [0.2, 0.25) is 0 Å². The molecule has 0 radical (unpaired) electrons. The Morgan fingerprint density at radius 2 is 2.10 bits per heavy atom. The molecule has 1 aromatic rings. The highest BCUT2D eigenvalue weighted by atomic mass is 16.6. The van der Waals surface area contributed by atoms with Gasteiger partial charge in [0.25, 0.3) is 0 Å². The van der Waals surface area contributed by atoms with Gasteiger partial charge >= 0.3 is 6.09 Å². The lowest BCUT2D eigenvalue weighted by Gasteiger charge is -2.36. The predicted octanol–water partition coefficient (Wildman–Crippen LogP) is 3.00. The normalized spacial score (nSPS) is 15.6. The van der Waals surface area contributed by atoms with Gasteiger partial charge in [-0.25, -0.2) is 4.79 Å². The lowest BCUT2D eigenvalue weighted by atomic mass is 9.96. The highest BCUT2D eigenvalue weighted by Gasteiger charge is 2.27. The number of nitrogens with one attached hydrogen (secondary N) is 1. The zero-order chi connectivity index (χ0) is 22.0. The van der Waals surface area contributed by atoms with Gasteiger partial charge in [-0.15, -0.1) is 0 Å². The van der Waals surface area contributed by atoms with E-state index in [1.165, 1.54) is 0 Å². The van der Waals surface area contributed by atoms with Gasteiger partial charge in [0.05, 0.1) is 12.7 Å². The molecule has 2 heterocycles. The molecule has 0 spiro atoms. The standard InChI is InChI=1S/C22H37N5O3/c1-6-26(21(28)30-22(2,3)4)17-18-9-13-27(14-10-18)20(23-5)25-12-15-29-19-8-7-11-24-16-19/h7-8,11,16,18H,6,9-10,12-15,17H2,1-5H3,(H,23,25). The molecule has 1 N–H and O–H groups in total. The Labute approximate surface area is 180 Å². The second-order valence-corrected chi connectivity index (χ2v) is 8.46. The minimum atomic E-state index is -0.466. The molecular weight excluding hydrogens is 382 g/mol. The Morgan fingerprint density at radius 1 is 1.37 bits per heavy atom. The van der Waals surface area contributed by atoms with Gasteiger partial charge in [0.15, 0.2) is 5.96 Å². The number of carbonyl (C=O) groups is 1. The molecule has 1 aliphatic heterocycles. The number of amides is 1. The molecular formula is C22H37N5O3. The van der Waals surface area contributed by atoms with E-state index in [1.807, 2.05) is 44.7 Å². The third-order valence-corrected chi connectivity index (χ3v) is 4.93. The first-order valence-electron chi connectivity index (χ1n) is 10.8. The fraction of sp³-hybridized carbons (Fsp3) is 0.682. The average Bonchev–Trinajstić information content (AvgIpc) is 2.72. The maximum atomic E-state index is 12.4. The average molecular weight is 420 g/mol. The van der Waals surface area contributed by atoms with Crippen molar-refractivity contribution in [1.29, 1.82) is 0 Å². The maximum absolute atomic E-state index is 12.4. The third-order valence-electron chi connectivity index (χ3n) is 4.93. The van der Waals surface area contributed by atoms with E-state index in [1.54, 1.807) is 19.4 Å². The number of pyridine rings is 1. The number of guanidine groups is 1. The van der Waals surface area contributed by atoms with Crippen molar-refractivity contribution in [2.75, 3.05) is 46.4 Å². The summed E-state index contributed by atoms with van der Waals surface area (Å²) in [5.74, 6) is 2.13. The van der Waals surface area contributed by atoms with E-state index in [2.05, 4.69) is 20.2 Å². The molecule has 30 heavy (non-hydrogen) atoms. The molecule has 0 aromatic carbocycles. The van der Waals surface area contributed by atoms with Gasteiger partial charge in [-0.05, 0) is 58.6 Å². The molecule has 1 saturated heterocycles. The summed E-state index contributed by atoms with van der Waals surface area (Å²) in [6.07, 6.45) is 5.25. The second-order valence-electron chi connectivity index (χ2n) is 8.46. The fourth-order valence-corrected chi connectivity index (χ4v) is 3.39. The number of piperidine rings is 1. The zero-order valence-electron chi connectivity index (χ0n) is 19.1. The topological polar surface area (TPSA) is 79.3 Å². The lowest BCUT2D eigenvalue weighted by molar-refractivity contribution is 0.0214. The summed E-state index contributed by atoms with van der Waals surface area (Å²) in [7, 11) is 1.80. The van der Waals surface area contributed by atoms with Crippen molar-refractivity contribution < 1.29 is 14.3 Å². The van der Waals surface area contributed by atoms with Gasteiger partial charge in [-0.3, -0.25) is 9.98 Å². The van der Waals surface area contributed by atoms with Gasteiger partial charge in [0.1, 0.15) is 18.0 Å². The van der Waals surface area contributed by atoms with Crippen LogP contribution in [-0.4, -0.2) is 78.8 Å². The minimum absolute atomic E-state index is 0.224. The largest absolute Gasteiger partial charge is 0.490 e. The van der Waals surface area contributed by atoms with E-state index >= 15 is 0 Å². The smallest absolute Gasteiger partial charge is 0.410 e. The van der Waals surface area contributed by atoms with Crippen molar-refractivity contribution in [3.63, 3.8) is 0 Å². The Balaban J connectivity index is 1.73. The summed E-state index contributed by atoms with van der Waals surface area (Å²) in [6.45, 7) is 12.1. The van der Waals surface area contributed by atoms with Gasteiger partial charge in [-0.1, -0.05) is 0 Å². The SMILES string of the molecule is CCN(CC1CCN(C(=NC)NCCOc2cccnc2)CC1)C(=O)OC(C)(C)C. The number of aliphatic imine (C=N–C) groups is 1. The van der Waals surface area contributed by atoms with Crippen LogP contribution in [0.1, 0.15) is 40.5 Å². The Morgan fingerprint density at radius 3 is 2.67 bits per heavy atom. The Hall–Kier alpha value is -2.51. The number of carbonyl (C=O) groups excluding carboxylic acids is 1. The van der Waals surface area contributed by atoms with Crippen LogP contribution < -0.4 is 10.1 Å². The highest BCUT2D eigenvalue weighted by molar-refractivity contribution is 5.79. The van der Waals surface area contributed by atoms with Crippen molar-refractivity contribution >= 4 is 12.1 Å². The van der Waals surface area contributed by atoms with Crippen LogP contribution in [0.15, 0.2) is 29.5 Å². The van der Waals surface area contributed by atoms with E-state index in [0.29, 0.717) is 25.6 Å². The van der Waals surface area contributed by atoms with E-state index < -0.39 is 5.60 Å². The van der Waals surface area contributed by atoms with E-state index in [-0.39, 0.29) is 6.09 Å². The van der Waals surface area contributed by atoms with Gasteiger partial charge in [0, 0.05) is 39.4 Å². The Kier molecular flexibility index (Phi) is 9.20. The van der Waals surface area contributed by atoms with Crippen molar-refractivity contribution in [1.82, 2.24) is 20.1 Å². The summed E-state index contributed by atoms with van der Waals surface area (Å²) in [5, 5.41) is 3.37. The molecule has 1 fully saturated rings. The number of hydrogen-bond donors (Lipinski definition) is 1. The number of aromatic nitrogens is 1. The second kappa shape index (κ2) is 11.6. The van der Waals surface area contributed by atoms with Crippen LogP contribution in [-0.2, 0) is 4.74 Å². The molecule has 168 valence electrons. The lowest BCUT2D eigenvalue weighted by Crippen LogP contribution is -2.48. The monoisotopic (exact) mass is 419 g/mol. The first kappa shape index (κ1) is 23.8. The predicted molar refractivity (Wildman–Crippen MR) is 119 cm³/mol. The first-order valence-corrected chi connectivity index (χ1v) is 10.8. The highest BCUT2D eigenvalue weighted by Crippen LogP contribution is 2.20. The van der Waals surface area contributed by atoms with Crippen LogP contribution in [0.5, 0.6) is 5.75 Å². The van der Waals surface area contributed by atoms with Crippen LogP contribution in [0, 0.1) is 5.92 Å². The van der Waals surface area contributed by atoms with Crippen molar-refractivity contribution in [2.45, 2.75) is 46.1 Å². The fourth-order valence-electron chi connectivity index (χ4n) is 3.39. The minimum Gasteiger partial charge on any atom is -0.490 e. The molecule has 1 aromatic heterocycles. The third kappa shape index (κ3) is 8.08. The number of hydrogen-bond acceptors (Lipinski definition) is 5. The van der Waals surface area contributed by atoms with Crippen LogP contribution in [0.25, 0.3) is 0 Å². The molecule has 8 nitrogen and oxygen atoms in total. The van der Waals surface area contributed by atoms with Gasteiger partial charge in [-0.2, -0.15) is 0 Å².